The molecule has 1 heterocycles. The van der Waals surface area contributed by atoms with Crippen LogP contribution in [0.15, 0.2) is 18.2 Å². The lowest BCUT2D eigenvalue weighted by molar-refractivity contribution is -0.130. The molecule has 25 heavy (non-hydrogen) atoms. The maximum Gasteiger partial charge on any atom is 0.222 e. The zero-order chi connectivity index (χ0) is 18.1. The van der Waals surface area contributed by atoms with Gasteiger partial charge in [0, 0.05) is 38.2 Å². The summed E-state index contributed by atoms with van der Waals surface area (Å²) in [5, 5.41) is 3.34. The van der Waals surface area contributed by atoms with Gasteiger partial charge in [0.25, 0.3) is 0 Å². The fraction of sp³-hybridized carbons (Fsp3) is 0.632. The Labute approximate surface area is 150 Å². The largest absolute Gasteiger partial charge is 0.496 e. The number of rotatable bonds is 10. The van der Waals surface area contributed by atoms with Crippen LogP contribution in [-0.2, 0) is 4.79 Å². The van der Waals surface area contributed by atoms with Crippen LogP contribution in [0.3, 0.4) is 0 Å². The maximum absolute atomic E-state index is 12.2. The molecule has 1 fully saturated rings. The van der Waals surface area contributed by atoms with E-state index in [-0.39, 0.29) is 5.91 Å². The molecule has 0 aliphatic carbocycles. The van der Waals surface area contributed by atoms with Crippen LogP contribution in [0.2, 0.25) is 0 Å². The van der Waals surface area contributed by atoms with Crippen molar-refractivity contribution in [3.8, 4) is 17.2 Å². The molecular weight excluding hydrogens is 320 g/mol. The molecule has 0 radical (unpaired) electrons. The maximum atomic E-state index is 12.2. The third-order valence-electron chi connectivity index (χ3n) is 4.59. The summed E-state index contributed by atoms with van der Waals surface area (Å²) in [5.41, 5.74) is 0. The van der Waals surface area contributed by atoms with Gasteiger partial charge in [-0.15, -0.1) is 0 Å². The average molecular weight is 350 g/mol. The lowest BCUT2D eigenvalue weighted by atomic mass is 10.0. The first-order valence-corrected chi connectivity index (χ1v) is 8.93. The van der Waals surface area contributed by atoms with Crippen molar-refractivity contribution in [1.29, 1.82) is 0 Å². The van der Waals surface area contributed by atoms with Gasteiger partial charge in [-0.1, -0.05) is 0 Å². The Balaban J connectivity index is 1.66. The second kappa shape index (κ2) is 10.1. The van der Waals surface area contributed by atoms with Gasteiger partial charge in [0.15, 0.2) is 0 Å². The molecule has 0 saturated carbocycles. The van der Waals surface area contributed by atoms with E-state index in [2.05, 4.69) is 5.32 Å². The van der Waals surface area contributed by atoms with E-state index in [0.29, 0.717) is 42.7 Å². The third kappa shape index (κ3) is 6.46. The predicted octanol–water partition coefficient (Wildman–Crippen LogP) is 2.32. The standard InChI is InChI=1S/C19H30N2O4/c1-21(19(22)6-5-15-7-8-20-14-15)9-4-10-25-18-12-16(23-2)11-17(13-18)24-3/h11-13,15,20H,4-10,14H2,1-3H3. The molecule has 1 unspecified atom stereocenters. The first kappa shape index (κ1) is 19.4. The van der Waals surface area contributed by atoms with Gasteiger partial charge in [0.05, 0.1) is 20.8 Å². The molecule has 1 aliphatic rings. The summed E-state index contributed by atoms with van der Waals surface area (Å²) in [6.07, 6.45) is 3.59. The van der Waals surface area contributed by atoms with Crippen LogP contribution in [-0.4, -0.2) is 58.3 Å². The Bertz CT molecular complexity index is 522. The minimum absolute atomic E-state index is 0.218. The van der Waals surface area contributed by atoms with Gasteiger partial charge in [-0.2, -0.15) is 0 Å². The molecule has 6 heteroatoms. The van der Waals surface area contributed by atoms with Crippen LogP contribution in [0, 0.1) is 5.92 Å². The van der Waals surface area contributed by atoms with Crippen LogP contribution in [0.25, 0.3) is 0 Å². The van der Waals surface area contributed by atoms with Gasteiger partial charge >= 0.3 is 0 Å². The fourth-order valence-corrected chi connectivity index (χ4v) is 2.96. The van der Waals surface area contributed by atoms with Gasteiger partial charge in [0.1, 0.15) is 17.2 Å². The molecule has 6 nitrogen and oxygen atoms in total. The average Bonchev–Trinajstić information content (AvgIpc) is 3.16. The fourth-order valence-electron chi connectivity index (χ4n) is 2.96. The zero-order valence-electron chi connectivity index (χ0n) is 15.5. The van der Waals surface area contributed by atoms with E-state index in [1.165, 1.54) is 6.42 Å². The molecule has 1 aromatic rings. The van der Waals surface area contributed by atoms with Crippen LogP contribution < -0.4 is 19.5 Å². The molecule has 1 aromatic carbocycles. The van der Waals surface area contributed by atoms with Crippen LogP contribution in [0.4, 0.5) is 0 Å². The van der Waals surface area contributed by atoms with E-state index in [4.69, 9.17) is 14.2 Å². The molecule has 1 amide bonds. The molecule has 1 saturated heterocycles. The van der Waals surface area contributed by atoms with Crippen molar-refractivity contribution in [2.45, 2.75) is 25.7 Å². The second-order valence-electron chi connectivity index (χ2n) is 6.46. The molecule has 0 spiro atoms. The van der Waals surface area contributed by atoms with Gasteiger partial charge in [-0.25, -0.2) is 0 Å². The van der Waals surface area contributed by atoms with Crippen molar-refractivity contribution in [3.05, 3.63) is 18.2 Å². The van der Waals surface area contributed by atoms with E-state index in [1.807, 2.05) is 19.2 Å². The van der Waals surface area contributed by atoms with E-state index in [0.717, 1.165) is 25.9 Å². The number of amides is 1. The summed E-state index contributed by atoms with van der Waals surface area (Å²) in [6.45, 7) is 3.37. The first-order chi connectivity index (χ1) is 12.1. The minimum Gasteiger partial charge on any atom is -0.496 e. The number of nitrogens with one attached hydrogen (secondary N) is 1. The molecule has 1 atom stereocenters. The summed E-state index contributed by atoms with van der Waals surface area (Å²) in [4.78, 5) is 14.0. The SMILES string of the molecule is COc1cc(OC)cc(OCCCN(C)C(=O)CCC2CCNC2)c1. The van der Waals surface area contributed by atoms with Crippen molar-refractivity contribution in [1.82, 2.24) is 10.2 Å². The van der Waals surface area contributed by atoms with Crippen LogP contribution >= 0.6 is 0 Å². The number of benzene rings is 1. The van der Waals surface area contributed by atoms with E-state index >= 15 is 0 Å². The minimum atomic E-state index is 0.218. The van der Waals surface area contributed by atoms with Gasteiger partial charge < -0.3 is 24.4 Å². The van der Waals surface area contributed by atoms with Gasteiger partial charge in [0.2, 0.25) is 5.91 Å². The smallest absolute Gasteiger partial charge is 0.222 e. The highest BCUT2D eigenvalue weighted by Gasteiger charge is 2.17. The van der Waals surface area contributed by atoms with E-state index in [1.54, 1.807) is 25.2 Å². The monoisotopic (exact) mass is 350 g/mol. The van der Waals surface area contributed by atoms with Crippen molar-refractivity contribution in [2.24, 2.45) is 5.92 Å². The Morgan fingerprint density at radius 3 is 2.48 bits per heavy atom. The first-order valence-electron chi connectivity index (χ1n) is 8.93. The molecular formula is C19H30N2O4. The number of ether oxygens (including phenoxy) is 3. The predicted molar refractivity (Wildman–Crippen MR) is 97.5 cm³/mol. The lowest BCUT2D eigenvalue weighted by Crippen LogP contribution is -2.29. The highest BCUT2D eigenvalue weighted by molar-refractivity contribution is 5.75. The normalized spacial score (nSPS) is 16.5. The Morgan fingerprint density at radius 1 is 1.20 bits per heavy atom. The number of methoxy groups -OCH3 is 2. The molecule has 140 valence electrons. The van der Waals surface area contributed by atoms with Gasteiger partial charge in [-0.3, -0.25) is 4.79 Å². The summed E-state index contributed by atoms with van der Waals surface area (Å²) >= 11 is 0. The summed E-state index contributed by atoms with van der Waals surface area (Å²) in [6, 6.07) is 5.46. The molecule has 0 bridgehead atoms. The third-order valence-corrected chi connectivity index (χ3v) is 4.59. The number of hydrogen-bond donors (Lipinski definition) is 1. The van der Waals surface area contributed by atoms with Crippen molar-refractivity contribution < 1.29 is 19.0 Å². The molecule has 2 rings (SSSR count). The van der Waals surface area contributed by atoms with Crippen molar-refractivity contribution in [2.75, 3.05) is 47.5 Å². The summed E-state index contributed by atoms with van der Waals surface area (Å²) in [7, 11) is 5.09. The molecule has 1 N–H and O–H groups in total. The van der Waals surface area contributed by atoms with Crippen LogP contribution in [0.5, 0.6) is 17.2 Å². The summed E-state index contributed by atoms with van der Waals surface area (Å²) < 4.78 is 16.2. The number of nitrogens with zero attached hydrogens (tertiary/aromatic N) is 1. The Hall–Kier alpha value is -1.95. The molecule has 1 aliphatic heterocycles. The number of hydrogen-bond acceptors (Lipinski definition) is 5. The van der Waals surface area contributed by atoms with Crippen LogP contribution in [0.1, 0.15) is 25.7 Å². The van der Waals surface area contributed by atoms with E-state index < -0.39 is 0 Å². The highest BCUT2D eigenvalue weighted by atomic mass is 16.5. The van der Waals surface area contributed by atoms with Gasteiger partial charge in [-0.05, 0) is 38.3 Å². The summed E-state index contributed by atoms with van der Waals surface area (Å²) in [5.74, 6) is 2.98. The molecule has 0 aromatic heterocycles. The lowest BCUT2D eigenvalue weighted by Gasteiger charge is -2.18. The quantitative estimate of drug-likeness (QED) is 0.656. The second-order valence-corrected chi connectivity index (χ2v) is 6.46. The number of carbonyl (C=O) groups is 1. The topological polar surface area (TPSA) is 60.0 Å². The van der Waals surface area contributed by atoms with E-state index in [9.17, 15) is 4.79 Å². The number of carbonyl (C=O) groups excluding carboxylic acids is 1. The van der Waals surface area contributed by atoms with Crippen molar-refractivity contribution >= 4 is 5.91 Å². The highest BCUT2D eigenvalue weighted by Crippen LogP contribution is 2.27. The van der Waals surface area contributed by atoms with Crippen molar-refractivity contribution in [3.63, 3.8) is 0 Å². The Kier molecular flexibility index (Phi) is 7.85. The zero-order valence-corrected chi connectivity index (χ0v) is 15.5. The Morgan fingerprint density at radius 2 is 1.88 bits per heavy atom.